The fraction of sp³-hybridized carbons (Fsp3) is 0.0746. The summed E-state index contributed by atoms with van der Waals surface area (Å²) in [6.45, 7) is 2.36. The van der Waals surface area contributed by atoms with E-state index in [2.05, 4.69) is 187 Å². The van der Waals surface area contributed by atoms with Gasteiger partial charge in [-0.2, -0.15) is 0 Å². The molecule has 4 aliphatic rings. The number of para-hydroxylation sites is 2. The molecule has 12 aromatic carbocycles. The van der Waals surface area contributed by atoms with Crippen molar-refractivity contribution in [3.63, 3.8) is 0 Å². The van der Waals surface area contributed by atoms with Gasteiger partial charge in [-0.1, -0.05) is 159 Å². The number of rotatable bonds is 4. The number of fused-ring (bicyclic) bond motifs is 2. The first kappa shape index (κ1) is 37.5. The number of benzene rings is 12. The molecule has 3 nitrogen and oxygen atoms in total. The fourth-order valence-corrected chi connectivity index (χ4v) is 14.1. The van der Waals surface area contributed by atoms with Crippen molar-refractivity contribution in [2.24, 2.45) is 0 Å². The zero-order valence-corrected chi connectivity index (χ0v) is 38.3. The summed E-state index contributed by atoms with van der Waals surface area (Å²) < 4.78 is 0. The Kier molecular flexibility index (Phi) is 7.05. The molecule has 2 aromatic heterocycles. The van der Waals surface area contributed by atoms with Crippen molar-refractivity contribution in [3.8, 4) is 0 Å². The summed E-state index contributed by atoms with van der Waals surface area (Å²) >= 11 is 0. The van der Waals surface area contributed by atoms with Crippen LogP contribution in [0.3, 0.4) is 0 Å². The predicted molar refractivity (Wildman–Crippen MR) is 294 cm³/mol. The highest BCUT2D eigenvalue weighted by Crippen LogP contribution is 2.53. The van der Waals surface area contributed by atoms with E-state index in [1.54, 1.807) is 0 Å². The van der Waals surface area contributed by atoms with Gasteiger partial charge in [0.1, 0.15) is 6.10 Å². The Bertz CT molecular complexity index is 4840. The summed E-state index contributed by atoms with van der Waals surface area (Å²) in [6.07, 6.45) is 16.1. The summed E-state index contributed by atoms with van der Waals surface area (Å²) in [6, 6.07) is 53.7. The minimum absolute atomic E-state index is 0.274. The number of aliphatic hydroxyl groups is 1. The first-order valence-electron chi connectivity index (χ1n) is 24.8. The molecule has 0 radical (unpaired) electrons. The van der Waals surface area contributed by atoms with Gasteiger partial charge in [-0.05, 0) is 172 Å². The third-order valence-electron chi connectivity index (χ3n) is 17.2. The average Bonchev–Trinajstić information content (AvgIpc) is 4.07. The van der Waals surface area contributed by atoms with Gasteiger partial charge in [0, 0.05) is 51.6 Å². The zero-order chi connectivity index (χ0) is 45.7. The van der Waals surface area contributed by atoms with Gasteiger partial charge < -0.3 is 15.1 Å². The molecule has 326 valence electrons. The summed E-state index contributed by atoms with van der Waals surface area (Å²) in [4.78, 5) is 6.85. The lowest BCUT2D eigenvalue weighted by atomic mass is 9.66. The van der Waals surface area contributed by atoms with Crippen molar-refractivity contribution < 1.29 is 5.11 Å². The van der Waals surface area contributed by atoms with E-state index < -0.39 is 6.10 Å². The van der Waals surface area contributed by atoms with Crippen LogP contribution < -0.4 is 10.4 Å². The second kappa shape index (κ2) is 13.2. The van der Waals surface area contributed by atoms with Crippen LogP contribution in [0, 0.1) is 0 Å². The lowest BCUT2D eigenvalue weighted by Gasteiger charge is -2.37. The Morgan fingerprint density at radius 1 is 0.486 bits per heavy atom. The van der Waals surface area contributed by atoms with Crippen LogP contribution >= 0.6 is 0 Å². The van der Waals surface area contributed by atoms with E-state index in [9.17, 15) is 5.11 Å². The predicted octanol–water partition coefficient (Wildman–Crippen LogP) is 15.4. The number of aromatic nitrogens is 2. The van der Waals surface area contributed by atoms with E-state index in [4.69, 9.17) is 0 Å². The van der Waals surface area contributed by atoms with Crippen LogP contribution in [-0.4, -0.2) is 15.1 Å². The average molecular weight is 891 g/mol. The first-order chi connectivity index (χ1) is 34.6. The smallest absolute Gasteiger partial charge is 0.107 e. The molecule has 3 unspecified atom stereocenters. The van der Waals surface area contributed by atoms with Crippen LogP contribution in [-0.2, 0) is 0 Å². The number of hydrogen-bond acceptors (Lipinski definition) is 1. The summed E-state index contributed by atoms with van der Waals surface area (Å²) in [7, 11) is 0. The molecule has 3 N–H and O–H groups in total. The molecule has 2 heterocycles. The number of nitrogens with one attached hydrogen (secondary N) is 2. The van der Waals surface area contributed by atoms with E-state index in [-0.39, 0.29) is 11.8 Å². The maximum atomic E-state index is 11.8. The standard InChI is InChI=1S/C34H21N.C33H21NO/c1-18(27-17-35-28-5-3-2-4-24(27)28)26-16-23-13-12-21-9-7-19-6-8-20-10-11-22-14-15-25(26)34-32(22)30(20)29(19)31(21)33(23)34;35-33(25-16-34-26-4-2-1-3-22(25)26)24-15-21-12-11-19-8-6-17-5-7-18-9-10-20-13-14-23(24)32-30(20)28(18)27(17)29(19)31(21)32/h2-18,35H,1H3;1-5,7-16,28,33-35H,6H2. The molecule has 0 aliphatic heterocycles. The summed E-state index contributed by atoms with van der Waals surface area (Å²) in [5.74, 6) is 0.556. The van der Waals surface area contributed by atoms with Crippen molar-refractivity contribution in [2.45, 2.75) is 31.3 Å². The van der Waals surface area contributed by atoms with Crippen LogP contribution in [0.25, 0.3) is 126 Å². The molecule has 3 heteroatoms. The Morgan fingerprint density at radius 3 is 1.77 bits per heavy atom. The van der Waals surface area contributed by atoms with E-state index in [0.29, 0.717) is 0 Å². The summed E-state index contributed by atoms with van der Waals surface area (Å²) in [5, 5.41) is 38.7. The molecular formula is C67H42N2O. The van der Waals surface area contributed by atoms with Crippen LogP contribution in [0.1, 0.15) is 64.7 Å². The number of allylic oxidation sites excluding steroid dienone is 5. The molecular weight excluding hydrogens is 849 g/mol. The van der Waals surface area contributed by atoms with E-state index >= 15 is 0 Å². The number of H-pyrrole nitrogens is 2. The second-order valence-electron chi connectivity index (χ2n) is 20.4. The molecule has 0 bridgehead atoms. The van der Waals surface area contributed by atoms with Crippen LogP contribution in [0.5, 0.6) is 0 Å². The minimum Gasteiger partial charge on any atom is -0.384 e. The molecule has 18 rings (SSSR count). The highest BCUT2D eigenvalue weighted by Gasteiger charge is 2.36. The van der Waals surface area contributed by atoms with Crippen molar-refractivity contribution >= 4 is 126 Å². The van der Waals surface area contributed by atoms with Gasteiger partial charge in [0.25, 0.3) is 0 Å². The molecule has 0 spiro atoms. The van der Waals surface area contributed by atoms with Crippen LogP contribution in [0.15, 0.2) is 187 Å². The zero-order valence-electron chi connectivity index (χ0n) is 38.3. The molecule has 0 fully saturated rings. The highest BCUT2D eigenvalue weighted by molar-refractivity contribution is 6.44. The lowest BCUT2D eigenvalue weighted by Crippen LogP contribution is -2.37. The van der Waals surface area contributed by atoms with Gasteiger partial charge >= 0.3 is 0 Å². The minimum atomic E-state index is -0.711. The number of aromatic amines is 2. The van der Waals surface area contributed by atoms with Gasteiger partial charge in [0.2, 0.25) is 0 Å². The molecule has 70 heavy (non-hydrogen) atoms. The lowest BCUT2D eigenvalue weighted by molar-refractivity contribution is 0.223. The highest BCUT2D eigenvalue weighted by atomic mass is 16.3. The first-order valence-corrected chi connectivity index (χ1v) is 24.8. The fourth-order valence-electron chi connectivity index (χ4n) is 14.1. The number of aliphatic hydroxyl groups excluding tert-OH is 1. The topological polar surface area (TPSA) is 51.8 Å². The third-order valence-corrected chi connectivity index (χ3v) is 17.2. The maximum Gasteiger partial charge on any atom is 0.107 e. The Labute approximate surface area is 401 Å². The van der Waals surface area contributed by atoms with Gasteiger partial charge in [-0.25, -0.2) is 0 Å². The molecule has 3 atom stereocenters. The molecule has 0 saturated carbocycles. The van der Waals surface area contributed by atoms with Crippen molar-refractivity contribution in [2.75, 3.05) is 0 Å². The molecule has 0 saturated heterocycles. The monoisotopic (exact) mass is 890 g/mol. The molecule has 4 aliphatic carbocycles. The van der Waals surface area contributed by atoms with Crippen molar-refractivity contribution in [3.05, 3.63) is 231 Å². The maximum absolute atomic E-state index is 11.8. The number of hydrogen-bond donors (Lipinski definition) is 3. The largest absolute Gasteiger partial charge is 0.384 e. The summed E-state index contributed by atoms with van der Waals surface area (Å²) in [5.41, 5.74) is 14.0. The van der Waals surface area contributed by atoms with Gasteiger partial charge in [0.15, 0.2) is 0 Å². The normalized spacial score (nSPS) is 16.6. The SMILES string of the molecule is CC(c1c[nH]c2ccccc12)c1cc2ccc3ccc4ccc5ccc6ccc1c1c6c5c4c3c21.OC(c1c[nH]c2ccccc12)c1cc2ccc3c4c2c2c5c(ccc12)C=CC1=CC=C(CC=3)C=4C15. The van der Waals surface area contributed by atoms with E-state index in [0.717, 1.165) is 33.8 Å². The Hall–Kier alpha value is -8.50. The molecule has 14 aromatic rings. The van der Waals surface area contributed by atoms with Crippen molar-refractivity contribution in [1.29, 1.82) is 0 Å². The van der Waals surface area contributed by atoms with Crippen LogP contribution in [0.4, 0.5) is 0 Å². The third kappa shape index (κ3) is 4.64. The Balaban J connectivity index is 0.000000117. The second-order valence-corrected chi connectivity index (χ2v) is 20.4. The van der Waals surface area contributed by atoms with E-state index in [1.807, 2.05) is 18.3 Å². The molecule has 0 amide bonds. The van der Waals surface area contributed by atoms with E-state index in [1.165, 1.54) is 141 Å². The van der Waals surface area contributed by atoms with Crippen LogP contribution in [0.2, 0.25) is 0 Å². The van der Waals surface area contributed by atoms with Gasteiger partial charge in [-0.3, -0.25) is 0 Å². The van der Waals surface area contributed by atoms with Crippen molar-refractivity contribution in [1.82, 2.24) is 9.97 Å². The van der Waals surface area contributed by atoms with Gasteiger partial charge in [0.05, 0.1) is 0 Å². The quantitative estimate of drug-likeness (QED) is 0.120. The Morgan fingerprint density at radius 2 is 1.04 bits per heavy atom. The van der Waals surface area contributed by atoms with Gasteiger partial charge in [-0.15, -0.1) is 0 Å².